The Labute approximate surface area is 119 Å². The van der Waals surface area contributed by atoms with E-state index in [1.54, 1.807) is 0 Å². The van der Waals surface area contributed by atoms with E-state index < -0.39 is 0 Å². The van der Waals surface area contributed by atoms with Crippen molar-refractivity contribution in [2.45, 2.75) is 58.7 Å². The van der Waals surface area contributed by atoms with Crippen molar-refractivity contribution in [3.05, 3.63) is 0 Å². The summed E-state index contributed by atoms with van der Waals surface area (Å²) < 4.78 is 0. The van der Waals surface area contributed by atoms with Crippen LogP contribution in [-0.2, 0) is 0 Å². The Balaban J connectivity index is 1.84. The van der Waals surface area contributed by atoms with Crippen LogP contribution in [0.3, 0.4) is 0 Å². The van der Waals surface area contributed by atoms with Gasteiger partial charge < -0.3 is 10.2 Å². The van der Waals surface area contributed by atoms with Gasteiger partial charge in [0, 0.05) is 31.2 Å². The molecule has 0 saturated carbocycles. The van der Waals surface area contributed by atoms with Crippen LogP contribution in [-0.4, -0.2) is 61.2 Å². The minimum atomic E-state index is 0.710. The Hall–Kier alpha value is -0.120. The van der Waals surface area contributed by atoms with E-state index in [0.717, 1.165) is 23.9 Å². The highest BCUT2D eigenvalue weighted by Crippen LogP contribution is 2.27. The first-order valence-electron chi connectivity index (χ1n) is 8.18. The molecule has 4 unspecified atom stereocenters. The third-order valence-corrected chi connectivity index (χ3v) is 5.61. The summed E-state index contributed by atoms with van der Waals surface area (Å²) in [4.78, 5) is 5.38. The zero-order chi connectivity index (χ0) is 14.0. The number of nitrogens with zero attached hydrogens (tertiary/aromatic N) is 2. The lowest BCUT2D eigenvalue weighted by atomic mass is 9.86. The molecule has 1 N–H and O–H groups in total. The zero-order valence-corrected chi connectivity index (χ0v) is 13.5. The maximum Gasteiger partial charge on any atom is 0.0117 e. The van der Waals surface area contributed by atoms with Crippen molar-refractivity contribution in [2.75, 3.05) is 33.2 Å². The van der Waals surface area contributed by atoms with Gasteiger partial charge in [0.15, 0.2) is 0 Å². The average Bonchev–Trinajstić information content (AvgIpc) is 2.84. The topological polar surface area (TPSA) is 18.5 Å². The van der Waals surface area contributed by atoms with E-state index in [4.69, 9.17) is 0 Å². The molecular formula is C16H33N3. The van der Waals surface area contributed by atoms with E-state index in [2.05, 4.69) is 49.9 Å². The molecule has 2 fully saturated rings. The summed E-state index contributed by atoms with van der Waals surface area (Å²) in [5.41, 5.74) is 0. The van der Waals surface area contributed by atoms with Crippen molar-refractivity contribution in [1.29, 1.82) is 0 Å². The first-order chi connectivity index (χ1) is 9.02. The Kier molecular flexibility index (Phi) is 5.27. The number of hydrogen-bond acceptors (Lipinski definition) is 3. The Bertz CT molecular complexity index is 279. The van der Waals surface area contributed by atoms with Gasteiger partial charge in [0.2, 0.25) is 0 Å². The molecule has 0 aromatic rings. The van der Waals surface area contributed by atoms with Crippen LogP contribution in [0, 0.1) is 11.8 Å². The molecule has 0 spiro atoms. The summed E-state index contributed by atoms with van der Waals surface area (Å²) in [6, 6.07) is 2.15. The van der Waals surface area contributed by atoms with E-state index in [-0.39, 0.29) is 0 Å². The summed E-state index contributed by atoms with van der Waals surface area (Å²) in [6.45, 7) is 14.7. The smallest absolute Gasteiger partial charge is 0.0117 e. The predicted molar refractivity (Wildman–Crippen MR) is 82.5 cm³/mol. The minimum absolute atomic E-state index is 0.710. The van der Waals surface area contributed by atoms with Crippen LogP contribution in [0.15, 0.2) is 0 Å². The average molecular weight is 267 g/mol. The molecule has 2 saturated heterocycles. The number of rotatable bonds is 4. The lowest BCUT2D eigenvalue weighted by Crippen LogP contribution is -2.53. The van der Waals surface area contributed by atoms with Gasteiger partial charge in [0.05, 0.1) is 0 Å². The molecule has 2 aliphatic heterocycles. The van der Waals surface area contributed by atoms with Crippen molar-refractivity contribution in [1.82, 2.24) is 15.1 Å². The Morgan fingerprint density at radius 1 is 1.16 bits per heavy atom. The third kappa shape index (κ3) is 3.50. The summed E-state index contributed by atoms with van der Waals surface area (Å²) in [6.07, 6.45) is 2.70. The van der Waals surface area contributed by atoms with Crippen LogP contribution in [0.4, 0.5) is 0 Å². The molecule has 0 bridgehead atoms. The van der Waals surface area contributed by atoms with E-state index in [0.29, 0.717) is 6.04 Å². The highest BCUT2D eigenvalue weighted by Gasteiger charge is 2.34. The van der Waals surface area contributed by atoms with Gasteiger partial charge in [-0.05, 0) is 65.6 Å². The van der Waals surface area contributed by atoms with Crippen LogP contribution in [0.25, 0.3) is 0 Å². The lowest BCUT2D eigenvalue weighted by molar-refractivity contribution is 0.0729. The largest absolute Gasteiger partial charge is 0.317 e. The van der Waals surface area contributed by atoms with Gasteiger partial charge in [0.25, 0.3) is 0 Å². The molecule has 0 amide bonds. The number of nitrogens with one attached hydrogen (secondary N) is 1. The minimum Gasteiger partial charge on any atom is -0.317 e. The molecule has 112 valence electrons. The van der Waals surface area contributed by atoms with Crippen LogP contribution in [0.5, 0.6) is 0 Å². The maximum absolute atomic E-state index is 3.49. The van der Waals surface area contributed by atoms with Crippen LogP contribution in [0.2, 0.25) is 0 Å². The molecule has 4 atom stereocenters. The Morgan fingerprint density at radius 3 is 2.47 bits per heavy atom. The molecule has 2 aliphatic rings. The molecule has 2 heterocycles. The third-order valence-electron chi connectivity index (χ3n) is 5.61. The highest BCUT2D eigenvalue weighted by molar-refractivity contribution is 4.90. The summed E-state index contributed by atoms with van der Waals surface area (Å²) in [7, 11) is 2.11. The molecule has 19 heavy (non-hydrogen) atoms. The molecule has 3 nitrogen and oxygen atoms in total. The Morgan fingerprint density at radius 2 is 1.89 bits per heavy atom. The van der Waals surface area contributed by atoms with Crippen LogP contribution >= 0.6 is 0 Å². The fourth-order valence-corrected chi connectivity index (χ4v) is 3.92. The van der Waals surface area contributed by atoms with Crippen LogP contribution < -0.4 is 5.32 Å². The van der Waals surface area contributed by atoms with Crippen LogP contribution in [0.1, 0.15) is 40.5 Å². The van der Waals surface area contributed by atoms with Gasteiger partial charge in [-0.25, -0.2) is 0 Å². The summed E-state index contributed by atoms with van der Waals surface area (Å²) in [5.74, 6) is 1.66. The quantitative estimate of drug-likeness (QED) is 0.841. The predicted octanol–water partition coefficient (Wildman–Crippen LogP) is 2.04. The van der Waals surface area contributed by atoms with Crippen molar-refractivity contribution < 1.29 is 0 Å². The SMILES string of the molecule is CNC1CCN(CC2CCN(C(C)C)C2)C(C)C1C. The van der Waals surface area contributed by atoms with Gasteiger partial charge in [-0.2, -0.15) is 0 Å². The molecule has 0 radical (unpaired) electrons. The monoisotopic (exact) mass is 267 g/mol. The lowest BCUT2D eigenvalue weighted by Gasteiger charge is -2.43. The molecule has 3 heteroatoms. The second-order valence-corrected chi connectivity index (χ2v) is 7.02. The number of piperidine rings is 1. The standard InChI is InChI=1S/C16H33N3/c1-12(2)18-8-6-15(10-18)11-19-9-7-16(17-5)13(3)14(19)4/h12-17H,6-11H2,1-5H3. The van der Waals surface area contributed by atoms with Gasteiger partial charge in [-0.15, -0.1) is 0 Å². The fraction of sp³-hybridized carbons (Fsp3) is 1.00. The van der Waals surface area contributed by atoms with Gasteiger partial charge in [-0.1, -0.05) is 6.92 Å². The summed E-state index contributed by atoms with van der Waals surface area (Å²) in [5, 5.41) is 3.49. The van der Waals surface area contributed by atoms with Crippen molar-refractivity contribution in [3.63, 3.8) is 0 Å². The maximum atomic E-state index is 3.49. The van der Waals surface area contributed by atoms with Gasteiger partial charge >= 0.3 is 0 Å². The van der Waals surface area contributed by atoms with Crippen molar-refractivity contribution in [2.24, 2.45) is 11.8 Å². The second-order valence-electron chi connectivity index (χ2n) is 7.02. The van der Waals surface area contributed by atoms with E-state index in [1.807, 2.05) is 0 Å². The van der Waals surface area contributed by atoms with Gasteiger partial charge in [0.1, 0.15) is 0 Å². The molecular weight excluding hydrogens is 234 g/mol. The van der Waals surface area contributed by atoms with E-state index >= 15 is 0 Å². The normalized spacial score (nSPS) is 38.2. The molecule has 0 aromatic carbocycles. The van der Waals surface area contributed by atoms with Crippen molar-refractivity contribution in [3.8, 4) is 0 Å². The van der Waals surface area contributed by atoms with E-state index in [1.165, 1.54) is 39.0 Å². The summed E-state index contributed by atoms with van der Waals surface area (Å²) >= 11 is 0. The van der Waals surface area contributed by atoms with Gasteiger partial charge in [-0.3, -0.25) is 4.90 Å². The fourth-order valence-electron chi connectivity index (χ4n) is 3.92. The zero-order valence-electron chi connectivity index (χ0n) is 13.5. The van der Waals surface area contributed by atoms with E-state index in [9.17, 15) is 0 Å². The molecule has 0 aliphatic carbocycles. The number of hydrogen-bond donors (Lipinski definition) is 1. The first-order valence-corrected chi connectivity index (χ1v) is 8.18. The highest BCUT2D eigenvalue weighted by atomic mass is 15.2. The van der Waals surface area contributed by atoms with Crippen molar-refractivity contribution >= 4 is 0 Å². The second kappa shape index (κ2) is 6.55. The first kappa shape index (κ1) is 15.3. The molecule has 0 aromatic heterocycles. The number of likely N-dealkylation sites (tertiary alicyclic amines) is 2. The molecule has 2 rings (SSSR count).